The van der Waals surface area contributed by atoms with Gasteiger partial charge in [0.2, 0.25) is 11.8 Å². The van der Waals surface area contributed by atoms with Gasteiger partial charge in [-0.2, -0.15) is 0 Å². The second-order valence-electron chi connectivity index (χ2n) is 6.99. The molecule has 2 amide bonds. The van der Waals surface area contributed by atoms with Crippen LogP contribution in [0.15, 0.2) is 48.5 Å². The summed E-state index contributed by atoms with van der Waals surface area (Å²) in [5.41, 5.74) is 2.92. The van der Waals surface area contributed by atoms with Gasteiger partial charge in [0, 0.05) is 18.1 Å². The smallest absolute Gasteiger partial charge is 0.242 e. The Labute approximate surface area is 172 Å². The lowest BCUT2D eigenvalue weighted by Crippen LogP contribution is -2.49. The van der Waals surface area contributed by atoms with E-state index < -0.39 is 6.04 Å². The Balaban J connectivity index is 2.27. The maximum Gasteiger partial charge on any atom is 0.242 e. The highest BCUT2D eigenvalue weighted by atomic mass is 35.5. The van der Waals surface area contributed by atoms with Crippen molar-refractivity contribution in [1.29, 1.82) is 0 Å². The first-order valence-corrected chi connectivity index (χ1v) is 10.2. The van der Waals surface area contributed by atoms with Crippen LogP contribution in [0.3, 0.4) is 0 Å². The number of nitrogens with zero attached hydrogens (tertiary/aromatic N) is 1. The van der Waals surface area contributed by atoms with Crippen LogP contribution in [0, 0.1) is 6.92 Å². The molecule has 4 nitrogen and oxygen atoms in total. The van der Waals surface area contributed by atoms with Gasteiger partial charge in [0.15, 0.2) is 0 Å². The number of halogens is 1. The molecule has 1 atom stereocenters. The summed E-state index contributed by atoms with van der Waals surface area (Å²) in [6.45, 7) is 6.85. The predicted octanol–water partition coefficient (Wildman–Crippen LogP) is 4.52. The molecule has 0 aliphatic heterocycles. The first kappa shape index (κ1) is 22.0. The molecule has 0 bridgehead atoms. The van der Waals surface area contributed by atoms with E-state index in [9.17, 15) is 9.59 Å². The summed E-state index contributed by atoms with van der Waals surface area (Å²) in [7, 11) is 0. The van der Waals surface area contributed by atoms with Gasteiger partial charge in [0.25, 0.3) is 0 Å². The number of rotatable bonds is 9. The molecule has 0 fully saturated rings. The van der Waals surface area contributed by atoms with Gasteiger partial charge in [-0.3, -0.25) is 9.59 Å². The van der Waals surface area contributed by atoms with E-state index in [0.717, 1.165) is 23.1 Å². The first-order valence-electron chi connectivity index (χ1n) is 9.82. The van der Waals surface area contributed by atoms with Gasteiger partial charge >= 0.3 is 0 Å². The van der Waals surface area contributed by atoms with E-state index in [4.69, 9.17) is 11.6 Å². The average molecular weight is 401 g/mol. The molecule has 5 heteroatoms. The Morgan fingerprint density at radius 2 is 1.75 bits per heavy atom. The zero-order valence-electron chi connectivity index (χ0n) is 16.9. The van der Waals surface area contributed by atoms with Gasteiger partial charge in [0.1, 0.15) is 6.04 Å². The molecule has 0 aliphatic carbocycles. The summed E-state index contributed by atoms with van der Waals surface area (Å²) in [6.07, 6.45) is 1.64. The van der Waals surface area contributed by atoms with Crippen molar-refractivity contribution in [3.8, 4) is 0 Å². The number of nitrogens with one attached hydrogen (secondary N) is 1. The van der Waals surface area contributed by atoms with Crippen LogP contribution >= 0.6 is 11.6 Å². The van der Waals surface area contributed by atoms with Gasteiger partial charge in [-0.25, -0.2) is 0 Å². The lowest BCUT2D eigenvalue weighted by molar-refractivity contribution is -0.140. The number of carbonyl (C=O) groups excluding carboxylic acids is 2. The van der Waals surface area contributed by atoms with Crippen LogP contribution in [0.2, 0.25) is 5.02 Å². The minimum Gasteiger partial charge on any atom is -0.354 e. The molecule has 150 valence electrons. The highest BCUT2D eigenvalue weighted by Gasteiger charge is 2.28. The van der Waals surface area contributed by atoms with Crippen LogP contribution in [-0.4, -0.2) is 29.3 Å². The summed E-state index contributed by atoms with van der Waals surface area (Å²) >= 11 is 6.32. The molecule has 1 N–H and O–H groups in total. The van der Waals surface area contributed by atoms with Crippen molar-refractivity contribution in [3.63, 3.8) is 0 Å². The van der Waals surface area contributed by atoms with Crippen molar-refractivity contribution < 1.29 is 9.59 Å². The zero-order valence-corrected chi connectivity index (χ0v) is 17.6. The third-order valence-corrected chi connectivity index (χ3v) is 5.08. The molecule has 0 aliphatic rings. The summed E-state index contributed by atoms with van der Waals surface area (Å²) in [6, 6.07) is 14.8. The summed E-state index contributed by atoms with van der Waals surface area (Å²) in [4.78, 5) is 27.6. The number of aryl methyl sites for hydroxylation is 1. The van der Waals surface area contributed by atoms with Crippen molar-refractivity contribution in [1.82, 2.24) is 10.2 Å². The normalized spacial score (nSPS) is 11.7. The topological polar surface area (TPSA) is 49.4 Å². The van der Waals surface area contributed by atoms with E-state index in [-0.39, 0.29) is 18.2 Å². The average Bonchev–Trinajstić information content (AvgIpc) is 2.69. The third-order valence-electron chi connectivity index (χ3n) is 4.71. The SMILES string of the molecule is CCCNC(=O)C(CC)N(Cc1ccccc1Cl)C(=O)Cc1ccc(C)cc1. The Bertz CT molecular complexity index is 789. The molecule has 2 aromatic rings. The first-order chi connectivity index (χ1) is 13.5. The number of benzene rings is 2. The number of carbonyl (C=O) groups is 2. The van der Waals surface area contributed by atoms with E-state index in [2.05, 4.69) is 5.32 Å². The monoisotopic (exact) mass is 400 g/mol. The molecule has 0 saturated carbocycles. The third kappa shape index (κ3) is 6.10. The fourth-order valence-corrected chi connectivity index (χ4v) is 3.27. The fraction of sp³-hybridized carbons (Fsp3) is 0.391. The lowest BCUT2D eigenvalue weighted by atomic mass is 10.1. The van der Waals surface area contributed by atoms with Crippen LogP contribution in [0.5, 0.6) is 0 Å². The molecular formula is C23H29ClN2O2. The second kappa shape index (κ2) is 10.9. The van der Waals surface area contributed by atoms with Gasteiger partial charge in [-0.1, -0.05) is 73.5 Å². The molecule has 0 aromatic heterocycles. The second-order valence-corrected chi connectivity index (χ2v) is 7.40. The summed E-state index contributed by atoms with van der Waals surface area (Å²) in [5, 5.41) is 3.52. The van der Waals surface area contributed by atoms with Crippen molar-refractivity contribution in [2.45, 2.75) is 52.6 Å². The maximum absolute atomic E-state index is 13.2. The van der Waals surface area contributed by atoms with Crippen molar-refractivity contribution in [3.05, 3.63) is 70.2 Å². The van der Waals surface area contributed by atoms with Gasteiger partial charge in [-0.05, 0) is 37.0 Å². The number of amides is 2. The van der Waals surface area contributed by atoms with Crippen LogP contribution in [0.25, 0.3) is 0 Å². The van der Waals surface area contributed by atoms with Gasteiger partial charge in [0.05, 0.1) is 6.42 Å². The fourth-order valence-electron chi connectivity index (χ4n) is 3.08. The minimum atomic E-state index is -0.527. The summed E-state index contributed by atoms with van der Waals surface area (Å²) in [5.74, 6) is -0.198. The van der Waals surface area contributed by atoms with Crippen molar-refractivity contribution in [2.24, 2.45) is 0 Å². The quantitative estimate of drug-likeness (QED) is 0.672. The van der Waals surface area contributed by atoms with E-state index >= 15 is 0 Å². The van der Waals surface area contributed by atoms with Crippen LogP contribution in [0.4, 0.5) is 0 Å². The Morgan fingerprint density at radius 1 is 1.07 bits per heavy atom. The minimum absolute atomic E-state index is 0.0812. The molecular weight excluding hydrogens is 372 g/mol. The van der Waals surface area contributed by atoms with Gasteiger partial charge in [-0.15, -0.1) is 0 Å². The molecule has 0 radical (unpaired) electrons. The largest absolute Gasteiger partial charge is 0.354 e. The number of hydrogen-bond donors (Lipinski definition) is 1. The molecule has 0 saturated heterocycles. The molecule has 0 spiro atoms. The lowest BCUT2D eigenvalue weighted by Gasteiger charge is -2.31. The van der Waals surface area contributed by atoms with E-state index in [1.807, 2.05) is 63.2 Å². The zero-order chi connectivity index (χ0) is 20.5. The van der Waals surface area contributed by atoms with Crippen LogP contribution < -0.4 is 5.32 Å². The standard InChI is InChI=1S/C23H29ClN2O2/c1-4-14-25-23(28)21(5-2)26(16-19-8-6-7-9-20(19)24)22(27)15-18-12-10-17(3)11-13-18/h6-13,21H,4-5,14-16H2,1-3H3,(H,25,28). The molecule has 0 heterocycles. The molecule has 2 aromatic carbocycles. The Kier molecular flexibility index (Phi) is 8.52. The van der Waals surface area contributed by atoms with E-state index in [1.165, 1.54) is 0 Å². The molecule has 2 rings (SSSR count). The molecule has 28 heavy (non-hydrogen) atoms. The molecule has 1 unspecified atom stereocenters. The Morgan fingerprint density at radius 3 is 2.36 bits per heavy atom. The highest BCUT2D eigenvalue weighted by molar-refractivity contribution is 6.31. The van der Waals surface area contributed by atoms with Crippen LogP contribution in [0.1, 0.15) is 43.4 Å². The Hall–Kier alpha value is -2.33. The van der Waals surface area contributed by atoms with Gasteiger partial charge < -0.3 is 10.2 Å². The van der Waals surface area contributed by atoms with Crippen LogP contribution in [-0.2, 0) is 22.6 Å². The van der Waals surface area contributed by atoms with E-state index in [0.29, 0.717) is 24.5 Å². The summed E-state index contributed by atoms with van der Waals surface area (Å²) < 4.78 is 0. The highest BCUT2D eigenvalue weighted by Crippen LogP contribution is 2.20. The van der Waals surface area contributed by atoms with E-state index in [1.54, 1.807) is 11.0 Å². The van der Waals surface area contributed by atoms with Crippen molar-refractivity contribution in [2.75, 3.05) is 6.54 Å². The maximum atomic E-state index is 13.2. The van der Waals surface area contributed by atoms with Crippen molar-refractivity contribution >= 4 is 23.4 Å². The number of hydrogen-bond acceptors (Lipinski definition) is 2. The predicted molar refractivity (Wildman–Crippen MR) is 114 cm³/mol.